The number of aliphatic hydroxyl groups is 1. The lowest BCUT2D eigenvalue weighted by atomic mass is 9.89. The summed E-state index contributed by atoms with van der Waals surface area (Å²) in [6, 6.07) is 6.22. The van der Waals surface area contributed by atoms with Crippen molar-refractivity contribution in [1.29, 1.82) is 0 Å². The molecule has 0 aliphatic rings. The van der Waals surface area contributed by atoms with E-state index in [1.54, 1.807) is 12.1 Å². The van der Waals surface area contributed by atoms with E-state index >= 15 is 0 Å². The number of aliphatic hydroxyl groups excluding tert-OH is 1. The van der Waals surface area contributed by atoms with Crippen LogP contribution in [0.5, 0.6) is 0 Å². The summed E-state index contributed by atoms with van der Waals surface area (Å²) in [7, 11) is 0. The van der Waals surface area contributed by atoms with Crippen molar-refractivity contribution in [1.82, 2.24) is 0 Å². The van der Waals surface area contributed by atoms with Gasteiger partial charge in [0.1, 0.15) is 5.82 Å². The van der Waals surface area contributed by atoms with Gasteiger partial charge in [-0.15, -0.1) is 0 Å². The highest BCUT2D eigenvalue weighted by atomic mass is 19.1. The summed E-state index contributed by atoms with van der Waals surface area (Å²) in [6.45, 7) is 4.63. The van der Waals surface area contributed by atoms with Crippen molar-refractivity contribution in [3.05, 3.63) is 35.6 Å². The molecular formula is C14H22FNO. The summed E-state index contributed by atoms with van der Waals surface area (Å²) >= 11 is 0. The van der Waals surface area contributed by atoms with Gasteiger partial charge in [0.15, 0.2) is 0 Å². The third kappa shape index (κ3) is 4.44. The Kier molecular flexibility index (Phi) is 5.59. The number of nitrogens with two attached hydrogens (primary N) is 1. The Labute approximate surface area is 103 Å². The van der Waals surface area contributed by atoms with Crippen LogP contribution in [0.2, 0.25) is 0 Å². The molecule has 3 N–H and O–H groups in total. The molecule has 0 aliphatic carbocycles. The zero-order chi connectivity index (χ0) is 12.8. The van der Waals surface area contributed by atoms with Crippen LogP contribution < -0.4 is 5.73 Å². The molecule has 0 radical (unpaired) electrons. The smallest absolute Gasteiger partial charge is 0.123 e. The van der Waals surface area contributed by atoms with Crippen molar-refractivity contribution in [2.75, 3.05) is 6.54 Å². The first-order valence-electron chi connectivity index (χ1n) is 6.18. The number of rotatable bonds is 6. The summed E-state index contributed by atoms with van der Waals surface area (Å²) in [4.78, 5) is 0. The SMILES string of the molecule is CC(C)CCC(O)C(CN)c1ccc(F)cc1. The van der Waals surface area contributed by atoms with Gasteiger partial charge in [-0.3, -0.25) is 0 Å². The summed E-state index contributed by atoms with van der Waals surface area (Å²) in [6.07, 6.45) is 1.25. The average molecular weight is 239 g/mol. The van der Waals surface area contributed by atoms with Crippen LogP contribution in [0.15, 0.2) is 24.3 Å². The van der Waals surface area contributed by atoms with Crippen LogP contribution in [-0.4, -0.2) is 17.8 Å². The van der Waals surface area contributed by atoms with Gasteiger partial charge < -0.3 is 10.8 Å². The fraction of sp³-hybridized carbons (Fsp3) is 0.571. The number of hydrogen-bond acceptors (Lipinski definition) is 2. The maximum absolute atomic E-state index is 12.8. The molecule has 0 bridgehead atoms. The quantitative estimate of drug-likeness (QED) is 0.801. The van der Waals surface area contributed by atoms with Crippen LogP contribution in [-0.2, 0) is 0 Å². The van der Waals surface area contributed by atoms with E-state index in [0.29, 0.717) is 12.5 Å². The normalized spacial score (nSPS) is 14.9. The third-order valence-corrected chi connectivity index (χ3v) is 3.06. The van der Waals surface area contributed by atoms with E-state index in [-0.39, 0.29) is 11.7 Å². The van der Waals surface area contributed by atoms with Crippen LogP contribution >= 0.6 is 0 Å². The lowest BCUT2D eigenvalue weighted by molar-refractivity contribution is 0.129. The van der Waals surface area contributed by atoms with Gasteiger partial charge in [-0.25, -0.2) is 4.39 Å². The molecule has 0 saturated carbocycles. The molecule has 2 unspecified atom stereocenters. The van der Waals surface area contributed by atoms with E-state index < -0.39 is 6.10 Å². The Hall–Kier alpha value is -0.930. The minimum Gasteiger partial charge on any atom is -0.392 e. The second-order valence-electron chi connectivity index (χ2n) is 4.93. The molecular weight excluding hydrogens is 217 g/mol. The first-order chi connectivity index (χ1) is 8.04. The molecule has 96 valence electrons. The van der Waals surface area contributed by atoms with E-state index in [2.05, 4.69) is 13.8 Å². The van der Waals surface area contributed by atoms with Crippen molar-refractivity contribution < 1.29 is 9.50 Å². The Morgan fingerprint density at radius 2 is 1.76 bits per heavy atom. The Balaban J connectivity index is 2.66. The van der Waals surface area contributed by atoms with Gasteiger partial charge in [-0.2, -0.15) is 0 Å². The number of halogens is 1. The predicted molar refractivity (Wildman–Crippen MR) is 68.3 cm³/mol. The monoisotopic (exact) mass is 239 g/mol. The van der Waals surface area contributed by atoms with Gasteiger partial charge in [-0.05, 0) is 36.5 Å². The standard InChI is InChI=1S/C14H22FNO/c1-10(2)3-8-14(17)13(9-16)11-4-6-12(15)7-5-11/h4-7,10,13-14,17H,3,8-9,16H2,1-2H3. The maximum Gasteiger partial charge on any atom is 0.123 e. The van der Waals surface area contributed by atoms with Crippen molar-refractivity contribution in [2.45, 2.75) is 38.7 Å². The first kappa shape index (κ1) is 14.1. The minimum absolute atomic E-state index is 0.102. The summed E-state index contributed by atoms with van der Waals surface area (Å²) in [5.41, 5.74) is 6.60. The Bertz CT molecular complexity index is 323. The molecule has 0 saturated heterocycles. The van der Waals surface area contributed by atoms with Gasteiger partial charge in [0.05, 0.1) is 6.10 Å². The zero-order valence-electron chi connectivity index (χ0n) is 10.6. The van der Waals surface area contributed by atoms with E-state index in [4.69, 9.17) is 5.73 Å². The molecule has 0 spiro atoms. The van der Waals surface area contributed by atoms with Gasteiger partial charge in [0.2, 0.25) is 0 Å². The molecule has 0 heterocycles. The Morgan fingerprint density at radius 3 is 2.24 bits per heavy atom. The summed E-state index contributed by atoms with van der Waals surface area (Å²) in [5, 5.41) is 10.1. The topological polar surface area (TPSA) is 46.2 Å². The molecule has 0 aromatic heterocycles. The van der Waals surface area contributed by atoms with Crippen LogP contribution in [0.1, 0.15) is 38.2 Å². The Morgan fingerprint density at radius 1 is 1.18 bits per heavy atom. The molecule has 17 heavy (non-hydrogen) atoms. The molecule has 1 rings (SSSR count). The second kappa shape index (κ2) is 6.72. The fourth-order valence-electron chi connectivity index (χ4n) is 1.93. The molecule has 1 aromatic carbocycles. The predicted octanol–water partition coefficient (Wildman–Crippen LogP) is 2.67. The average Bonchev–Trinajstić information content (AvgIpc) is 2.30. The van der Waals surface area contributed by atoms with Crippen molar-refractivity contribution >= 4 is 0 Å². The second-order valence-corrected chi connectivity index (χ2v) is 4.93. The highest BCUT2D eigenvalue weighted by Gasteiger charge is 2.19. The third-order valence-electron chi connectivity index (χ3n) is 3.06. The minimum atomic E-state index is -0.451. The lowest BCUT2D eigenvalue weighted by Crippen LogP contribution is -2.26. The molecule has 0 fully saturated rings. The molecule has 3 heteroatoms. The largest absolute Gasteiger partial charge is 0.392 e. The number of benzene rings is 1. The molecule has 1 aromatic rings. The highest BCUT2D eigenvalue weighted by Crippen LogP contribution is 2.23. The summed E-state index contributed by atoms with van der Waals surface area (Å²) in [5.74, 6) is 0.201. The zero-order valence-corrected chi connectivity index (χ0v) is 10.6. The molecule has 0 amide bonds. The van der Waals surface area contributed by atoms with Crippen LogP contribution in [0, 0.1) is 11.7 Å². The van der Waals surface area contributed by atoms with Gasteiger partial charge >= 0.3 is 0 Å². The van der Waals surface area contributed by atoms with E-state index in [9.17, 15) is 9.50 Å². The fourth-order valence-corrected chi connectivity index (χ4v) is 1.93. The molecule has 0 aliphatic heterocycles. The molecule has 2 nitrogen and oxygen atoms in total. The van der Waals surface area contributed by atoms with Crippen LogP contribution in [0.4, 0.5) is 4.39 Å². The van der Waals surface area contributed by atoms with Crippen molar-refractivity contribution in [3.8, 4) is 0 Å². The molecule has 2 atom stereocenters. The first-order valence-corrected chi connectivity index (χ1v) is 6.18. The van der Waals surface area contributed by atoms with E-state index in [0.717, 1.165) is 18.4 Å². The maximum atomic E-state index is 12.8. The van der Waals surface area contributed by atoms with E-state index in [1.165, 1.54) is 12.1 Å². The van der Waals surface area contributed by atoms with E-state index in [1.807, 2.05) is 0 Å². The van der Waals surface area contributed by atoms with Crippen molar-refractivity contribution in [3.63, 3.8) is 0 Å². The van der Waals surface area contributed by atoms with Crippen LogP contribution in [0.3, 0.4) is 0 Å². The van der Waals surface area contributed by atoms with Gasteiger partial charge in [-0.1, -0.05) is 26.0 Å². The highest BCUT2D eigenvalue weighted by molar-refractivity contribution is 5.22. The lowest BCUT2D eigenvalue weighted by Gasteiger charge is -2.22. The summed E-state index contributed by atoms with van der Waals surface area (Å²) < 4.78 is 12.8. The number of hydrogen-bond donors (Lipinski definition) is 2. The van der Waals surface area contributed by atoms with Crippen molar-refractivity contribution in [2.24, 2.45) is 11.7 Å². The van der Waals surface area contributed by atoms with Gasteiger partial charge in [0.25, 0.3) is 0 Å². The van der Waals surface area contributed by atoms with Gasteiger partial charge in [0, 0.05) is 12.5 Å². The van der Waals surface area contributed by atoms with Crippen LogP contribution in [0.25, 0.3) is 0 Å².